The lowest BCUT2D eigenvalue weighted by Crippen LogP contribution is -2.14. The zero-order valence-corrected chi connectivity index (χ0v) is 20.9. The van der Waals surface area contributed by atoms with E-state index in [4.69, 9.17) is 13.9 Å². The maximum Gasteiger partial charge on any atom is 0.277 e. The summed E-state index contributed by atoms with van der Waals surface area (Å²) in [6.07, 6.45) is 0. The number of carbonyl (C=O) groups excluding carboxylic acids is 1. The molecule has 0 atom stereocenters. The number of nitrogens with zero attached hydrogens (tertiary/aromatic N) is 2. The molecule has 0 aliphatic heterocycles. The lowest BCUT2D eigenvalue weighted by molar-refractivity contribution is -0.113. The number of thioether (sulfide) groups is 1. The van der Waals surface area contributed by atoms with E-state index in [1.54, 1.807) is 67.8 Å². The van der Waals surface area contributed by atoms with Crippen molar-refractivity contribution in [3.63, 3.8) is 0 Å². The molecule has 4 aromatic rings. The SMILES string of the molecule is COc1ccc(NC(=O)CSc2nnc(-c3ccc(NS(=O)(=O)c4ccccc4)cc3)o2)c(OC)c1. The second kappa shape index (κ2) is 11.1. The normalized spacial score (nSPS) is 11.1. The molecular weight excluding hydrogens is 504 g/mol. The average molecular weight is 527 g/mol. The minimum absolute atomic E-state index is 0.0387. The van der Waals surface area contributed by atoms with Crippen molar-refractivity contribution >= 4 is 39.1 Å². The van der Waals surface area contributed by atoms with Gasteiger partial charge in [-0.05, 0) is 48.5 Å². The molecule has 2 N–H and O–H groups in total. The van der Waals surface area contributed by atoms with E-state index in [2.05, 4.69) is 20.2 Å². The Hall–Kier alpha value is -4.03. The second-order valence-corrected chi connectivity index (χ2v) is 9.88. The molecule has 186 valence electrons. The van der Waals surface area contributed by atoms with Crippen LogP contribution in [0.3, 0.4) is 0 Å². The standard InChI is InChI=1S/C24H22N4O6S2/c1-32-18-12-13-20(21(14-18)33-2)25-22(29)15-35-24-27-26-23(34-24)16-8-10-17(11-9-16)28-36(30,31)19-6-4-3-5-7-19/h3-14,28H,15H2,1-2H3,(H,25,29). The zero-order chi connectivity index (χ0) is 25.5. The number of amides is 1. The predicted octanol–water partition coefficient (Wildman–Crippen LogP) is 4.29. The number of benzene rings is 3. The molecule has 10 nitrogen and oxygen atoms in total. The Morgan fingerprint density at radius 1 is 0.972 bits per heavy atom. The van der Waals surface area contributed by atoms with Crippen LogP contribution in [0.25, 0.3) is 11.5 Å². The largest absolute Gasteiger partial charge is 0.497 e. The summed E-state index contributed by atoms with van der Waals surface area (Å²) in [5, 5.41) is 11.0. The van der Waals surface area contributed by atoms with Crippen LogP contribution in [0.2, 0.25) is 0 Å². The number of methoxy groups -OCH3 is 2. The molecule has 0 fully saturated rings. The minimum Gasteiger partial charge on any atom is -0.497 e. The molecule has 1 amide bonds. The lowest BCUT2D eigenvalue weighted by Gasteiger charge is -2.11. The molecule has 3 aromatic carbocycles. The molecule has 0 saturated heterocycles. The first-order valence-electron chi connectivity index (χ1n) is 10.5. The summed E-state index contributed by atoms with van der Waals surface area (Å²) >= 11 is 1.08. The Bertz CT molecular complexity index is 1440. The number of hydrogen-bond acceptors (Lipinski definition) is 9. The third-order valence-electron chi connectivity index (χ3n) is 4.85. The molecule has 0 aliphatic carbocycles. The number of rotatable bonds is 10. The highest BCUT2D eigenvalue weighted by Crippen LogP contribution is 2.30. The Labute approximate surface area is 212 Å². The molecule has 36 heavy (non-hydrogen) atoms. The highest BCUT2D eigenvalue weighted by Gasteiger charge is 2.15. The summed E-state index contributed by atoms with van der Waals surface area (Å²) < 4.78 is 43.5. The molecule has 1 aromatic heterocycles. The number of aromatic nitrogens is 2. The van der Waals surface area contributed by atoms with Crippen molar-refractivity contribution in [3.8, 4) is 23.0 Å². The van der Waals surface area contributed by atoms with Crippen molar-refractivity contribution in [2.24, 2.45) is 0 Å². The lowest BCUT2D eigenvalue weighted by atomic mass is 10.2. The second-order valence-electron chi connectivity index (χ2n) is 7.27. The first-order chi connectivity index (χ1) is 17.4. The van der Waals surface area contributed by atoms with Crippen LogP contribution in [0.4, 0.5) is 11.4 Å². The van der Waals surface area contributed by atoms with E-state index < -0.39 is 10.0 Å². The quantitative estimate of drug-likeness (QED) is 0.290. The van der Waals surface area contributed by atoms with Gasteiger partial charge >= 0.3 is 0 Å². The fourth-order valence-corrected chi connectivity index (χ4v) is 4.74. The summed E-state index contributed by atoms with van der Waals surface area (Å²) in [5.41, 5.74) is 1.50. The molecule has 0 bridgehead atoms. The summed E-state index contributed by atoms with van der Waals surface area (Å²) in [6.45, 7) is 0. The van der Waals surface area contributed by atoms with E-state index in [9.17, 15) is 13.2 Å². The summed E-state index contributed by atoms with van der Waals surface area (Å²) in [7, 11) is -0.640. The van der Waals surface area contributed by atoms with Crippen molar-refractivity contribution in [2.45, 2.75) is 10.1 Å². The van der Waals surface area contributed by atoms with Crippen LogP contribution in [0, 0.1) is 0 Å². The Morgan fingerprint density at radius 2 is 1.72 bits per heavy atom. The number of anilines is 2. The van der Waals surface area contributed by atoms with Crippen molar-refractivity contribution in [1.82, 2.24) is 10.2 Å². The molecule has 1 heterocycles. The van der Waals surface area contributed by atoms with Crippen LogP contribution in [-0.4, -0.2) is 44.5 Å². The fourth-order valence-electron chi connectivity index (χ4n) is 3.09. The molecule has 0 aliphatic rings. The maximum absolute atomic E-state index is 12.5. The van der Waals surface area contributed by atoms with Gasteiger partial charge < -0.3 is 19.2 Å². The summed E-state index contributed by atoms with van der Waals surface area (Å²) in [4.78, 5) is 12.5. The average Bonchev–Trinajstić information content (AvgIpc) is 3.37. The van der Waals surface area contributed by atoms with Crippen LogP contribution in [-0.2, 0) is 14.8 Å². The number of hydrogen-bond donors (Lipinski definition) is 2. The first-order valence-corrected chi connectivity index (χ1v) is 13.0. The van der Waals surface area contributed by atoms with Gasteiger partial charge in [-0.15, -0.1) is 10.2 Å². The van der Waals surface area contributed by atoms with Gasteiger partial charge in [0.25, 0.3) is 15.2 Å². The highest BCUT2D eigenvalue weighted by molar-refractivity contribution is 7.99. The van der Waals surface area contributed by atoms with E-state index in [-0.39, 0.29) is 27.7 Å². The van der Waals surface area contributed by atoms with Gasteiger partial charge in [0.1, 0.15) is 11.5 Å². The van der Waals surface area contributed by atoms with Gasteiger partial charge in [0.15, 0.2) is 0 Å². The van der Waals surface area contributed by atoms with Gasteiger partial charge in [-0.3, -0.25) is 9.52 Å². The van der Waals surface area contributed by atoms with E-state index in [1.165, 1.54) is 19.2 Å². The van der Waals surface area contributed by atoms with Gasteiger partial charge in [-0.25, -0.2) is 8.42 Å². The molecule has 12 heteroatoms. The number of sulfonamides is 1. The third kappa shape index (κ3) is 6.15. The predicted molar refractivity (Wildman–Crippen MR) is 136 cm³/mol. The van der Waals surface area contributed by atoms with Crippen molar-refractivity contribution in [3.05, 3.63) is 72.8 Å². The smallest absolute Gasteiger partial charge is 0.277 e. The van der Waals surface area contributed by atoms with Crippen LogP contribution in [0.5, 0.6) is 11.5 Å². The van der Waals surface area contributed by atoms with Gasteiger partial charge in [0, 0.05) is 17.3 Å². The summed E-state index contributed by atoms with van der Waals surface area (Å²) in [6, 6.07) is 19.7. The Morgan fingerprint density at radius 3 is 2.42 bits per heavy atom. The molecule has 4 rings (SSSR count). The molecule has 0 unspecified atom stereocenters. The number of ether oxygens (including phenoxy) is 2. The van der Waals surface area contributed by atoms with Gasteiger partial charge in [0.2, 0.25) is 11.8 Å². The Balaban J connectivity index is 1.34. The number of carbonyl (C=O) groups is 1. The van der Waals surface area contributed by atoms with Gasteiger partial charge in [-0.1, -0.05) is 30.0 Å². The van der Waals surface area contributed by atoms with E-state index in [0.29, 0.717) is 28.4 Å². The molecule has 0 saturated carbocycles. The third-order valence-corrected chi connectivity index (χ3v) is 7.07. The Kier molecular flexibility index (Phi) is 7.76. The van der Waals surface area contributed by atoms with Crippen LogP contribution in [0.1, 0.15) is 0 Å². The number of nitrogens with one attached hydrogen (secondary N) is 2. The summed E-state index contributed by atoms with van der Waals surface area (Å²) in [5.74, 6) is 1.09. The molecule has 0 radical (unpaired) electrons. The molecule has 0 spiro atoms. The van der Waals surface area contributed by atoms with Crippen LogP contribution in [0.15, 0.2) is 87.3 Å². The topological polar surface area (TPSA) is 133 Å². The molecular formula is C24H22N4O6S2. The van der Waals surface area contributed by atoms with Crippen LogP contribution >= 0.6 is 11.8 Å². The van der Waals surface area contributed by atoms with E-state index in [0.717, 1.165) is 11.8 Å². The maximum atomic E-state index is 12.5. The van der Waals surface area contributed by atoms with Crippen molar-refractivity contribution < 1.29 is 27.1 Å². The van der Waals surface area contributed by atoms with E-state index in [1.807, 2.05) is 0 Å². The fraction of sp³-hybridized carbons (Fsp3) is 0.125. The highest BCUT2D eigenvalue weighted by atomic mass is 32.2. The van der Waals surface area contributed by atoms with E-state index >= 15 is 0 Å². The zero-order valence-electron chi connectivity index (χ0n) is 19.3. The minimum atomic E-state index is -3.69. The van der Waals surface area contributed by atoms with Crippen molar-refractivity contribution in [2.75, 3.05) is 30.0 Å². The van der Waals surface area contributed by atoms with Crippen molar-refractivity contribution in [1.29, 1.82) is 0 Å². The van der Waals surface area contributed by atoms with Gasteiger partial charge in [-0.2, -0.15) is 0 Å². The van der Waals surface area contributed by atoms with Gasteiger partial charge in [0.05, 0.1) is 30.6 Å². The van der Waals surface area contributed by atoms with Crippen LogP contribution < -0.4 is 19.5 Å². The first kappa shape index (κ1) is 25.1. The monoisotopic (exact) mass is 526 g/mol.